The molecule has 2 aromatic rings. The molecule has 1 heterocycles. The van der Waals surface area contributed by atoms with E-state index in [9.17, 15) is 0 Å². The molecule has 0 spiro atoms. The molecule has 0 atom stereocenters. The standard InChI is InChI=1S/C22H31N3/c1-23(2)20-12-8-18(9-13-20)22(25-16-6-5-7-17-25)19-10-14-21(15-11-19)24(3)4/h8-15,22H,5-7,16-17H2,1-4H3. The first-order valence-electron chi connectivity index (χ1n) is 9.35. The van der Waals surface area contributed by atoms with Crippen molar-refractivity contribution in [3.05, 3.63) is 59.7 Å². The van der Waals surface area contributed by atoms with Crippen molar-refractivity contribution in [3.63, 3.8) is 0 Å². The monoisotopic (exact) mass is 337 g/mol. The van der Waals surface area contributed by atoms with Crippen molar-refractivity contribution in [1.82, 2.24) is 4.90 Å². The minimum absolute atomic E-state index is 0.354. The van der Waals surface area contributed by atoms with Crippen LogP contribution in [0.25, 0.3) is 0 Å². The third kappa shape index (κ3) is 4.16. The van der Waals surface area contributed by atoms with Crippen molar-refractivity contribution < 1.29 is 0 Å². The maximum atomic E-state index is 2.65. The molecule has 0 N–H and O–H groups in total. The van der Waals surface area contributed by atoms with Gasteiger partial charge in [-0.3, -0.25) is 4.90 Å². The van der Waals surface area contributed by atoms with Crippen LogP contribution in [0.1, 0.15) is 36.4 Å². The molecule has 0 aromatic heterocycles. The molecule has 1 aliphatic heterocycles. The lowest BCUT2D eigenvalue weighted by Crippen LogP contribution is -2.34. The van der Waals surface area contributed by atoms with Crippen LogP contribution >= 0.6 is 0 Å². The molecule has 0 unspecified atom stereocenters. The second-order valence-electron chi connectivity index (χ2n) is 7.47. The van der Waals surface area contributed by atoms with Crippen molar-refractivity contribution >= 4 is 11.4 Å². The first kappa shape index (κ1) is 17.8. The summed E-state index contributed by atoms with van der Waals surface area (Å²) in [5.74, 6) is 0. The summed E-state index contributed by atoms with van der Waals surface area (Å²) in [5.41, 5.74) is 5.29. The molecule has 3 heteroatoms. The van der Waals surface area contributed by atoms with Gasteiger partial charge < -0.3 is 9.80 Å². The Kier molecular flexibility index (Phi) is 5.64. The summed E-state index contributed by atoms with van der Waals surface area (Å²) in [4.78, 5) is 6.97. The number of hydrogen-bond donors (Lipinski definition) is 0. The third-order valence-corrected chi connectivity index (χ3v) is 5.21. The van der Waals surface area contributed by atoms with Gasteiger partial charge in [0.25, 0.3) is 0 Å². The smallest absolute Gasteiger partial charge is 0.0601 e. The van der Waals surface area contributed by atoms with Crippen LogP contribution in [0.4, 0.5) is 11.4 Å². The summed E-state index contributed by atoms with van der Waals surface area (Å²) in [6.07, 6.45) is 3.98. The summed E-state index contributed by atoms with van der Waals surface area (Å²) in [6, 6.07) is 18.5. The van der Waals surface area contributed by atoms with Crippen molar-refractivity contribution in [2.24, 2.45) is 0 Å². The van der Waals surface area contributed by atoms with Gasteiger partial charge in [-0.2, -0.15) is 0 Å². The number of rotatable bonds is 5. The molecule has 0 saturated carbocycles. The first-order chi connectivity index (χ1) is 12.1. The van der Waals surface area contributed by atoms with Gasteiger partial charge in [-0.15, -0.1) is 0 Å². The van der Waals surface area contributed by atoms with Gasteiger partial charge in [0.2, 0.25) is 0 Å². The van der Waals surface area contributed by atoms with E-state index in [1.165, 1.54) is 54.9 Å². The molecule has 2 aromatic carbocycles. The number of piperidine rings is 1. The Morgan fingerprint density at radius 2 is 1.04 bits per heavy atom. The average molecular weight is 338 g/mol. The van der Waals surface area contributed by atoms with Crippen molar-refractivity contribution in [3.8, 4) is 0 Å². The lowest BCUT2D eigenvalue weighted by atomic mass is 9.94. The molecule has 1 saturated heterocycles. The maximum absolute atomic E-state index is 2.65. The van der Waals surface area contributed by atoms with Gasteiger partial charge >= 0.3 is 0 Å². The fourth-order valence-corrected chi connectivity index (χ4v) is 3.70. The molecule has 3 nitrogen and oxygen atoms in total. The highest BCUT2D eigenvalue weighted by atomic mass is 15.2. The third-order valence-electron chi connectivity index (χ3n) is 5.21. The lowest BCUT2D eigenvalue weighted by Gasteiger charge is -2.35. The van der Waals surface area contributed by atoms with Crippen molar-refractivity contribution in [1.29, 1.82) is 0 Å². The summed E-state index contributed by atoms with van der Waals surface area (Å²) < 4.78 is 0. The Balaban J connectivity index is 1.94. The second kappa shape index (κ2) is 7.92. The van der Waals surface area contributed by atoms with Gasteiger partial charge in [0.05, 0.1) is 6.04 Å². The predicted octanol–water partition coefficient (Wildman–Crippen LogP) is 4.39. The molecular formula is C22H31N3. The van der Waals surface area contributed by atoms with E-state index in [1.807, 2.05) is 0 Å². The van der Waals surface area contributed by atoms with E-state index >= 15 is 0 Å². The lowest BCUT2D eigenvalue weighted by molar-refractivity contribution is 0.187. The van der Waals surface area contributed by atoms with E-state index in [0.717, 1.165) is 0 Å². The Morgan fingerprint density at radius 3 is 1.40 bits per heavy atom. The Labute approximate surface area is 152 Å². The zero-order chi connectivity index (χ0) is 17.8. The van der Waals surface area contributed by atoms with Crippen LogP contribution in [-0.4, -0.2) is 46.2 Å². The largest absolute Gasteiger partial charge is 0.378 e. The number of likely N-dealkylation sites (tertiary alicyclic amines) is 1. The van der Waals surface area contributed by atoms with E-state index in [-0.39, 0.29) is 0 Å². The number of nitrogens with zero attached hydrogens (tertiary/aromatic N) is 3. The Bertz CT molecular complexity index is 601. The van der Waals surface area contributed by atoms with Crippen LogP contribution < -0.4 is 9.80 Å². The zero-order valence-electron chi connectivity index (χ0n) is 16.1. The van der Waals surface area contributed by atoms with Crippen LogP contribution in [0.2, 0.25) is 0 Å². The van der Waals surface area contributed by atoms with Crippen LogP contribution in [0.15, 0.2) is 48.5 Å². The molecule has 134 valence electrons. The molecule has 1 fully saturated rings. The maximum Gasteiger partial charge on any atom is 0.0601 e. The topological polar surface area (TPSA) is 9.72 Å². The quantitative estimate of drug-likeness (QED) is 0.801. The average Bonchev–Trinajstić information content (AvgIpc) is 2.64. The van der Waals surface area contributed by atoms with Crippen LogP contribution in [0.3, 0.4) is 0 Å². The molecule has 1 aliphatic rings. The molecule has 0 bridgehead atoms. The van der Waals surface area contributed by atoms with E-state index in [2.05, 4.69) is 91.4 Å². The van der Waals surface area contributed by atoms with Crippen LogP contribution in [-0.2, 0) is 0 Å². The van der Waals surface area contributed by atoms with Crippen LogP contribution in [0, 0.1) is 0 Å². The molecule has 25 heavy (non-hydrogen) atoms. The summed E-state index contributed by atoms with van der Waals surface area (Å²) in [6.45, 7) is 2.38. The predicted molar refractivity (Wildman–Crippen MR) is 109 cm³/mol. The van der Waals surface area contributed by atoms with Gasteiger partial charge in [0.1, 0.15) is 0 Å². The SMILES string of the molecule is CN(C)c1ccc(C(c2ccc(N(C)C)cc2)N2CCCCC2)cc1. The molecule has 3 rings (SSSR count). The van der Waals surface area contributed by atoms with E-state index in [4.69, 9.17) is 0 Å². The minimum Gasteiger partial charge on any atom is -0.378 e. The van der Waals surface area contributed by atoms with Gasteiger partial charge in [-0.25, -0.2) is 0 Å². The first-order valence-corrected chi connectivity index (χ1v) is 9.35. The summed E-state index contributed by atoms with van der Waals surface area (Å²) in [5, 5.41) is 0. The van der Waals surface area contributed by atoms with E-state index in [1.54, 1.807) is 0 Å². The molecule has 0 aliphatic carbocycles. The highest BCUT2D eigenvalue weighted by molar-refractivity contribution is 5.50. The zero-order valence-corrected chi connectivity index (χ0v) is 16.1. The fourth-order valence-electron chi connectivity index (χ4n) is 3.70. The molecular weight excluding hydrogens is 306 g/mol. The molecule has 0 radical (unpaired) electrons. The summed E-state index contributed by atoms with van der Waals surface area (Å²) >= 11 is 0. The molecule has 0 amide bonds. The van der Waals surface area contributed by atoms with Gasteiger partial charge in [-0.05, 0) is 61.3 Å². The van der Waals surface area contributed by atoms with Crippen molar-refractivity contribution in [2.75, 3.05) is 51.1 Å². The number of anilines is 2. The van der Waals surface area contributed by atoms with Gasteiger partial charge in [-0.1, -0.05) is 30.7 Å². The fraction of sp³-hybridized carbons (Fsp3) is 0.455. The Morgan fingerprint density at radius 1 is 0.640 bits per heavy atom. The number of hydrogen-bond acceptors (Lipinski definition) is 3. The van der Waals surface area contributed by atoms with Crippen molar-refractivity contribution in [2.45, 2.75) is 25.3 Å². The van der Waals surface area contributed by atoms with E-state index < -0.39 is 0 Å². The Hall–Kier alpha value is -2.00. The normalized spacial score (nSPS) is 15.4. The van der Waals surface area contributed by atoms with Crippen LogP contribution in [0.5, 0.6) is 0 Å². The minimum atomic E-state index is 0.354. The highest BCUT2D eigenvalue weighted by Crippen LogP contribution is 2.33. The van der Waals surface area contributed by atoms with E-state index in [0.29, 0.717) is 6.04 Å². The van der Waals surface area contributed by atoms with Gasteiger partial charge in [0, 0.05) is 39.6 Å². The summed E-state index contributed by atoms with van der Waals surface area (Å²) in [7, 11) is 8.38. The highest BCUT2D eigenvalue weighted by Gasteiger charge is 2.24. The van der Waals surface area contributed by atoms with Gasteiger partial charge in [0.15, 0.2) is 0 Å². The number of benzene rings is 2. The second-order valence-corrected chi connectivity index (χ2v) is 7.47.